The summed E-state index contributed by atoms with van der Waals surface area (Å²) >= 11 is 1.79. The van der Waals surface area contributed by atoms with Gasteiger partial charge in [0.05, 0.1) is 0 Å². The fourth-order valence-electron chi connectivity index (χ4n) is 2.05. The molecule has 0 saturated heterocycles. The molecule has 0 aliphatic rings. The van der Waals surface area contributed by atoms with Crippen molar-refractivity contribution in [3.05, 3.63) is 51.7 Å². The Morgan fingerprint density at radius 1 is 1.24 bits per heavy atom. The molecule has 1 heterocycles. The van der Waals surface area contributed by atoms with Gasteiger partial charge in [-0.25, -0.2) is 0 Å². The van der Waals surface area contributed by atoms with Gasteiger partial charge in [-0.05, 0) is 48.6 Å². The lowest BCUT2D eigenvalue weighted by Crippen LogP contribution is -2.18. The van der Waals surface area contributed by atoms with Gasteiger partial charge in [0, 0.05) is 29.6 Å². The Bertz CT molecular complexity index is 589. The molecule has 112 valence electrons. The maximum absolute atomic E-state index is 11.3. The van der Waals surface area contributed by atoms with Gasteiger partial charge in [0.15, 0.2) is 0 Å². The number of nitrogens with one attached hydrogen (secondary N) is 2. The van der Waals surface area contributed by atoms with Crippen molar-refractivity contribution in [2.45, 2.75) is 39.8 Å². The van der Waals surface area contributed by atoms with E-state index in [-0.39, 0.29) is 11.9 Å². The van der Waals surface area contributed by atoms with Crippen LogP contribution in [0.5, 0.6) is 0 Å². The largest absolute Gasteiger partial charge is 0.326 e. The number of carbonyl (C=O) groups excluding carboxylic acids is 1. The Hall–Kier alpha value is -1.65. The third-order valence-electron chi connectivity index (χ3n) is 3.55. The molecule has 1 amide bonds. The number of thiophene rings is 1. The summed E-state index contributed by atoms with van der Waals surface area (Å²) in [6.45, 7) is 7.03. The highest BCUT2D eigenvalue weighted by atomic mass is 32.1. The third-order valence-corrected chi connectivity index (χ3v) is 4.58. The number of amides is 1. The van der Waals surface area contributed by atoms with Crippen LogP contribution in [-0.4, -0.2) is 5.91 Å². The van der Waals surface area contributed by atoms with E-state index in [1.165, 1.54) is 16.0 Å². The van der Waals surface area contributed by atoms with Crippen LogP contribution in [0, 0.1) is 6.92 Å². The molecule has 21 heavy (non-hydrogen) atoms. The van der Waals surface area contributed by atoms with Crippen LogP contribution in [0.15, 0.2) is 35.7 Å². The third kappa shape index (κ3) is 4.41. The maximum Gasteiger partial charge on any atom is 0.224 e. The van der Waals surface area contributed by atoms with Crippen molar-refractivity contribution < 1.29 is 4.79 Å². The Balaban J connectivity index is 1.92. The lowest BCUT2D eigenvalue weighted by atomic mass is 10.1. The molecule has 0 spiro atoms. The van der Waals surface area contributed by atoms with Crippen LogP contribution in [0.4, 0.5) is 5.69 Å². The zero-order valence-corrected chi connectivity index (χ0v) is 13.6. The zero-order valence-electron chi connectivity index (χ0n) is 12.8. The van der Waals surface area contributed by atoms with Crippen molar-refractivity contribution in [3.63, 3.8) is 0 Å². The molecule has 1 atom stereocenters. The van der Waals surface area contributed by atoms with Crippen molar-refractivity contribution in [2.75, 3.05) is 5.32 Å². The molecule has 1 aromatic carbocycles. The van der Waals surface area contributed by atoms with E-state index < -0.39 is 0 Å². The monoisotopic (exact) mass is 302 g/mol. The molecule has 2 N–H and O–H groups in total. The van der Waals surface area contributed by atoms with Gasteiger partial charge in [-0.15, -0.1) is 11.3 Å². The van der Waals surface area contributed by atoms with E-state index in [1.54, 1.807) is 11.3 Å². The summed E-state index contributed by atoms with van der Waals surface area (Å²) in [7, 11) is 0. The summed E-state index contributed by atoms with van der Waals surface area (Å²) in [5, 5.41) is 8.53. The van der Waals surface area contributed by atoms with Crippen LogP contribution in [0.25, 0.3) is 0 Å². The average molecular weight is 302 g/mol. The number of carbonyl (C=O) groups is 1. The summed E-state index contributed by atoms with van der Waals surface area (Å²) in [4.78, 5) is 12.7. The second kappa shape index (κ2) is 7.38. The van der Waals surface area contributed by atoms with Gasteiger partial charge < -0.3 is 10.6 Å². The number of benzene rings is 1. The summed E-state index contributed by atoms with van der Waals surface area (Å²) in [5.74, 6) is 0.0436. The Labute approximate surface area is 130 Å². The number of anilines is 1. The van der Waals surface area contributed by atoms with Gasteiger partial charge in [-0.1, -0.05) is 19.1 Å². The number of hydrogen-bond donors (Lipinski definition) is 2. The molecule has 0 radical (unpaired) electrons. The minimum Gasteiger partial charge on any atom is -0.326 e. The van der Waals surface area contributed by atoms with E-state index in [9.17, 15) is 4.79 Å². The Morgan fingerprint density at radius 2 is 1.95 bits per heavy atom. The first kappa shape index (κ1) is 15.7. The van der Waals surface area contributed by atoms with E-state index in [2.05, 4.69) is 48.1 Å². The highest BCUT2D eigenvalue weighted by Gasteiger charge is 2.07. The standard InChI is InChI=1S/C17H22N2OS/c1-4-17(20)19-15-7-5-14(6-8-15)13(3)18-11-16-12(2)9-10-21-16/h5-10,13,18H,4,11H2,1-3H3,(H,19,20)/t13-/m1/s1. The fraction of sp³-hybridized carbons (Fsp3) is 0.353. The van der Waals surface area contributed by atoms with E-state index >= 15 is 0 Å². The second-order valence-corrected chi connectivity index (χ2v) is 6.15. The van der Waals surface area contributed by atoms with Gasteiger partial charge >= 0.3 is 0 Å². The molecule has 0 bridgehead atoms. The molecule has 0 saturated carbocycles. The highest BCUT2D eigenvalue weighted by Crippen LogP contribution is 2.19. The van der Waals surface area contributed by atoms with Crippen molar-refractivity contribution in [2.24, 2.45) is 0 Å². The minimum absolute atomic E-state index is 0.0436. The maximum atomic E-state index is 11.3. The molecule has 0 aliphatic heterocycles. The molecule has 2 aromatic rings. The molecule has 1 aromatic heterocycles. The molecule has 3 nitrogen and oxygen atoms in total. The molecular formula is C17H22N2OS. The summed E-state index contributed by atoms with van der Waals surface area (Å²) < 4.78 is 0. The van der Waals surface area contributed by atoms with Crippen molar-refractivity contribution in [1.82, 2.24) is 5.32 Å². The van der Waals surface area contributed by atoms with E-state index in [4.69, 9.17) is 0 Å². The molecule has 4 heteroatoms. The Kier molecular flexibility index (Phi) is 5.53. The van der Waals surface area contributed by atoms with Crippen molar-refractivity contribution >= 4 is 22.9 Å². The molecule has 0 fully saturated rings. The van der Waals surface area contributed by atoms with Crippen LogP contribution in [0.1, 0.15) is 42.3 Å². The summed E-state index contributed by atoms with van der Waals surface area (Å²) in [5.41, 5.74) is 3.42. The van der Waals surface area contributed by atoms with Gasteiger partial charge in [0.25, 0.3) is 0 Å². The molecule has 0 aliphatic carbocycles. The van der Waals surface area contributed by atoms with Gasteiger partial charge in [-0.2, -0.15) is 0 Å². The van der Waals surface area contributed by atoms with Crippen LogP contribution in [-0.2, 0) is 11.3 Å². The van der Waals surface area contributed by atoms with Crippen LogP contribution in [0.3, 0.4) is 0 Å². The number of hydrogen-bond acceptors (Lipinski definition) is 3. The second-order valence-electron chi connectivity index (χ2n) is 5.15. The smallest absolute Gasteiger partial charge is 0.224 e. The van der Waals surface area contributed by atoms with Crippen molar-refractivity contribution in [1.29, 1.82) is 0 Å². The fourth-order valence-corrected chi connectivity index (χ4v) is 2.91. The van der Waals surface area contributed by atoms with Crippen molar-refractivity contribution in [3.8, 4) is 0 Å². The topological polar surface area (TPSA) is 41.1 Å². The van der Waals surface area contributed by atoms with E-state index in [0.29, 0.717) is 6.42 Å². The average Bonchev–Trinajstić information content (AvgIpc) is 2.90. The van der Waals surface area contributed by atoms with Crippen LogP contribution < -0.4 is 10.6 Å². The van der Waals surface area contributed by atoms with Gasteiger partial charge in [0.2, 0.25) is 5.91 Å². The highest BCUT2D eigenvalue weighted by molar-refractivity contribution is 7.10. The number of rotatable bonds is 6. The summed E-state index contributed by atoms with van der Waals surface area (Å²) in [6, 6.07) is 10.5. The molecule has 2 rings (SSSR count). The van der Waals surface area contributed by atoms with E-state index in [1.807, 2.05) is 19.1 Å². The zero-order chi connectivity index (χ0) is 15.2. The van der Waals surface area contributed by atoms with E-state index in [0.717, 1.165) is 12.2 Å². The first-order valence-corrected chi connectivity index (χ1v) is 8.14. The predicted molar refractivity (Wildman–Crippen MR) is 89.7 cm³/mol. The number of aryl methyl sites for hydroxylation is 1. The molecule has 0 unspecified atom stereocenters. The van der Waals surface area contributed by atoms with Crippen LogP contribution >= 0.6 is 11.3 Å². The summed E-state index contributed by atoms with van der Waals surface area (Å²) in [6.07, 6.45) is 0.500. The first-order chi connectivity index (χ1) is 10.1. The first-order valence-electron chi connectivity index (χ1n) is 7.26. The Morgan fingerprint density at radius 3 is 2.52 bits per heavy atom. The predicted octanol–water partition coefficient (Wildman–Crippen LogP) is 4.26. The normalized spacial score (nSPS) is 12.1. The van der Waals surface area contributed by atoms with Crippen LogP contribution in [0.2, 0.25) is 0 Å². The van der Waals surface area contributed by atoms with Gasteiger partial charge in [-0.3, -0.25) is 4.79 Å². The molecular weight excluding hydrogens is 280 g/mol. The minimum atomic E-state index is 0.0436. The lowest BCUT2D eigenvalue weighted by molar-refractivity contribution is -0.115. The SMILES string of the molecule is CCC(=O)Nc1ccc([C@@H](C)NCc2sccc2C)cc1. The lowest BCUT2D eigenvalue weighted by Gasteiger charge is -2.15. The van der Waals surface area contributed by atoms with Gasteiger partial charge in [0.1, 0.15) is 0 Å². The quantitative estimate of drug-likeness (QED) is 0.837.